The van der Waals surface area contributed by atoms with Crippen molar-refractivity contribution in [2.24, 2.45) is 24.8 Å². The van der Waals surface area contributed by atoms with Crippen LogP contribution in [0.25, 0.3) is 38.8 Å². The number of carbonyl (C=O) groups is 1. The minimum atomic E-state index is -0.682. The van der Waals surface area contributed by atoms with E-state index < -0.39 is 5.97 Å². The van der Waals surface area contributed by atoms with Crippen LogP contribution in [0.4, 0.5) is 5.82 Å². The first-order valence-electron chi connectivity index (χ1n) is 12.4. The van der Waals surface area contributed by atoms with Gasteiger partial charge in [0.15, 0.2) is 0 Å². The number of carboxylic acids is 1. The summed E-state index contributed by atoms with van der Waals surface area (Å²) in [5, 5.41) is 30.9. The van der Waals surface area contributed by atoms with Crippen molar-refractivity contribution in [1.29, 1.82) is 0 Å². The third kappa shape index (κ3) is 3.27. The van der Waals surface area contributed by atoms with Gasteiger partial charge in [0.05, 0.1) is 35.4 Å². The van der Waals surface area contributed by atoms with Crippen LogP contribution in [0.5, 0.6) is 0 Å². The maximum Gasteiger partial charge on any atom is 0.307 e. The molecular weight excluding hydrogens is 468 g/mol. The number of piperidine rings is 1. The van der Waals surface area contributed by atoms with E-state index >= 15 is 0 Å². The van der Waals surface area contributed by atoms with E-state index in [4.69, 9.17) is 10.1 Å². The van der Waals surface area contributed by atoms with E-state index in [9.17, 15) is 15.0 Å². The maximum atomic E-state index is 11.3. The molecule has 2 aliphatic rings. The molecule has 1 saturated heterocycles. The van der Waals surface area contributed by atoms with Gasteiger partial charge in [-0.1, -0.05) is 24.3 Å². The van der Waals surface area contributed by atoms with Crippen molar-refractivity contribution in [2.75, 3.05) is 18.0 Å². The number of pyridine rings is 1. The Balaban J connectivity index is 1.32. The number of nitrogens with zero attached hydrogens (tertiary/aromatic N) is 6. The van der Waals surface area contributed by atoms with Gasteiger partial charge in [-0.05, 0) is 48.1 Å². The number of fused-ring (bicyclic) bond motifs is 3. The highest BCUT2D eigenvalue weighted by molar-refractivity contribution is 6.03. The number of aromatic nitrogens is 5. The molecule has 4 heterocycles. The molecule has 9 heteroatoms. The Morgan fingerprint density at radius 3 is 2.57 bits per heavy atom. The second kappa shape index (κ2) is 7.88. The van der Waals surface area contributed by atoms with Crippen molar-refractivity contribution in [1.82, 2.24) is 24.5 Å². The summed E-state index contributed by atoms with van der Waals surface area (Å²) < 4.78 is 3.72. The number of carboxylic acid groups (broad SMARTS) is 1. The third-order valence-corrected chi connectivity index (χ3v) is 8.08. The summed E-state index contributed by atoms with van der Waals surface area (Å²) in [5.74, 6) is 0.429. The first kappa shape index (κ1) is 22.0. The summed E-state index contributed by atoms with van der Waals surface area (Å²) >= 11 is 0. The van der Waals surface area contributed by atoms with Crippen LogP contribution in [0, 0.1) is 24.7 Å². The lowest BCUT2D eigenvalue weighted by Crippen LogP contribution is -2.26. The van der Waals surface area contributed by atoms with Gasteiger partial charge in [0, 0.05) is 42.7 Å². The Bertz CT molecular complexity index is 1690. The summed E-state index contributed by atoms with van der Waals surface area (Å²) in [4.78, 5) is 18.2. The van der Waals surface area contributed by atoms with Crippen molar-refractivity contribution in [3.63, 3.8) is 0 Å². The van der Waals surface area contributed by atoms with Gasteiger partial charge in [0.1, 0.15) is 11.5 Å². The lowest BCUT2D eigenvalue weighted by atomic mass is 10.0. The SMILES string of the molecule is Cc1c(CO)ccc2c(-c3cccc4nn(C)cc34)nn(-c3ccc(N4CC5C(C4)C5C(=O)O)nc3)c12. The number of anilines is 1. The summed E-state index contributed by atoms with van der Waals surface area (Å²) in [6, 6.07) is 14.0. The molecule has 2 fully saturated rings. The van der Waals surface area contributed by atoms with Gasteiger partial charge in [0.2, 0.25) is 0 Å². The van der Waals surface area contributed by atoms with E-state index in [2.05, 4.69) is 16.1 Å². The molecule has 37 heavy (non-hydrogen) atoms. The van der Waals surface area contributed by atoms with Crippen molar-refractivity contribution < 1.29 is 15.0 Å². The van der Waals surface area contributed by atoms with Gasteiger partial charge < -0.3 is 15.1 Å². The number of aliphatic hydroxyl groups excluding tert-OH is 1. The van der Waals surface area contributed by atoms with Crippen LogP contribution in [0.1, 0.15) is 11.1 Å². The molecule has 3 aromatic heterocycles. The second-order valence-electron chi connectivity index (χ2n) is 10.2. The van der Waals surface area contributed by atoms with Gasteiger partial charge in [-0.2, -0.15) is 10.2 Å². The fraction of sp³-hybridized carbons (Fsp3) is 0.286. The monoisotopic (exact) mass is 494 g/mol. The molecule has 0 bridgehead atoms. The molecule has 2 aromatic carbocycles. The van der Waals surface area contributed by atoms with Crippen LogP contribution >= 0.6 is 0 Å². The van der Waals surface area contributed by atoms with Crippen LogP contribution in [0.2, 0.25) is 0 Å². The highest BCUT2D eigenvalue weighted by Gasteiger charge is 2.60. The third-order valence-electron chi connectivity index (χ3n) is 8.08. The predicted octanol–water partition coefficient (Wildman–Crippen LogP) is 3.54. The number of aliphatic carboxylic acids is 1. The van der Waals surface area contributed by atoms with Gasteiger partial charge in [-0.25, -0.2) is 9.67 Å². The normalized spacial score (nSPS) is 20.6. The molecule has 186 valence electrons. The quantitative estimate of drug-likeness (QED) is 0.385. The molecule has 2 atom stereocenters. The van der Waals surface area contributed by atoms with E-state index in [0.717, 1.165) is 68.8 Å². The topological polar surface area (TPSA) is 109 Å². The van der Waals surface area contributed by atoms with Crippen molar-refractivity contribution in [2.45, 2.75) is 13.5 Å². The Morgan fingerprint density at radius 1 is 1.05 bits per heavy atom. The van der Waals surface area contributed by atoms with E-state index in [-0.39, 0.29) is 24.4 Å². The zero-order valence-electron chi connectivity index (χ0n) is 20.5. The smallest absolute Gasteiger partial charge is 0.307 e. The van der Waals surface area contributed by atoms with Crippen molar-refractivity contribution >= 4 is 33.6 Å². The predicted molar refractivity (Wildman–Crippen MR) is 140 cm³/mol. The highest BCUT2D eigenvalue weighted by atomic mass is 16.4. The van der Waals surface area contributed by atoms with Gasteiger partial charge in [-0.3, -0.25) is 9.48 Å². The van der Waals surface area contributed by atoms with Gasteiger partial charge >= 0.3 is 5.97 Å². The average molecular weight is 495 g/mol. The molecule has 7 rings (SSSR count). The Labute approximate surface area is 212 Å². The molecule has 0 radical (unpaired) electrons. The minimum absolute atomic E-state index is 0.0493. The Hall–Kier alpha value is -4.24. The van der Waals surface area contributed by atoms with E-state index in [1.165, 1.54) is 0 Å². The minimum Gasteiger partial charge on any atom is -0.481 e. The molecule has 0 amide bonds. The van der Waals surface area contributed by atoms with Crippen LogP contribution in [-0.4, -0.2) is 53.8 Å². The zero-order chi connectivity index (χ0) is 25.4. The summed E-state index contributed by atoms with van der Waals surface area (Å²) in [6.45, 7) is 3.43. The first-order valence-corrected chi connectivity index (χ1v) is 12.4. The number of aryl methyl sites for hydroxylation is 2. The lowest BCUT2D eigenvalue weighted by Gasteiger charge is -2.20. The Morgan fingerprint density at radius 2 is 1.86 bits per heavy atom. The molecule has 9 nitrogen and oxygen atoms in total. The maximum absolute atomic E-state index is 11.3. The standard InChI is InChI=1S/C28H26N6O3/c1-15-16(14-35)6-8-19-26(18-4-3-5-23-20(18)11-32(2)30-23)31-34(27(15)19)17-7-9-24(29-10-17)33-12-21-22(13-33)25(21)28(36)37/h3-11,21-22,25,35H,12-14H2,1-2H3,(H,36,37). The fourth-order valence-corrected chi connectivity index (χ4v) is 6.11. The summed E-state index contributed by atoms with van der Waals surface area (Å²) in [5.41, 5.74) is 6.34. The fourth-order valence-electron chi connectivity index (χ4n) is 6.11. The average Bonchev–Trinajstić information content (AvgIpc) is 3.23. The van der Waals surface area contributed by atoms with Crippen LogP contribution in [0.3, 0.4) is 0 Å². The summed E-state index contributed by atoms with van der Waals surface area (Å²) in [6.07, 6.45) is 3.83. The van der Waals surface area contributed by atoms with E-state index in [0.29, 0.717) is 0 Å². The van der Waals surface area contributed by atoms with Crippen molar-refractivity contribution in [3.8, 4) is 16.9 Å². The van der Waals surface area contributed by atoms with Crippen LogP contribution in [-0.2, 0) is 18.4 Å². The number of benzene rings is 2. The molecule has 1 aliphatic heterocycles. The van der Waals surface area contributed by atoms with Crippen LogP contribution in [0.15, 0.2) is 54.9 Å². The Kier molecular flexibility index (Phi) is 4.68. The molecule has 1 saturated carbocycles. The van der Waals surface area contributed by atoms with E-state index in [1.807, 2.05) is 72.1 Å². The second-order valence-corrected chi connectivity index (χ2v) is 10.2. The number of hydrogen-bond acceptors (Lipinski definition) is 6. The number of hydrogen-bond donors (Lipinski definition) is 2. The number of aliphatic hydroxyl groups is 1. The molecule has 5 aromatic rings. The van der Waals surface area contributed by atoms with E-state index in [1.54, 1.807) is 0 Å². The summed E-state index contributed by atoms with van der Waals surface area (Å²) in [7, 11) is 1.91. The molecule has 2 unspecified atom stereocenters. The molecule has 1 aliphatic carbocycles. The van der Waals surface area contributed by atoms with Gasteiger partial charge in [0.25, 0.3) is 0 Å². The van der Waals surface area contributed by atoms with Crippen LogP contribution < -0.4 is 4.90 Å². The lowest BCUT2D eigenvalue weighted by molar-refractivity contribution is -0.139. The first-order chi connectivity index (χ1) is 17.9. The molecule has 0 spiro atoms. The largest absolute Gasteiger partial charge is 0.481 e. The van der Waals surface area contributed by atoms with Gasteiger partial charge in [-0.15, -0.1) is 0 Å². The molecular formula is C28H26N6O3. The molecule has 2 N–H and O–H groups in total. The highest BCUT2D eigenvalue weighted by Crippen LogP contribution is 2.52. The number of rotatable bonds is 5. The van der Waals surface area contributed by atoms with Crippen molar-refractivity contribution in [3.05, 3.63) is 66.0 Å². The zero-order valence-corrected chi connectivity index (χ0v) is 20.5.